The van der Waals surface area contributed by atoms with Crippen molar-refractivity contribution >= 4 is 28.4 Å². The number of aryl methyl sites for hydroxylation is 1. The molecule has 0 aliphatic heterocycles. The molecule has 0 aliphatic carbocycles. The summed E-state index contributed by atoms with van der Waals surface area (Å²) >= 11 is 6.17. The molecule has 0 spiro atoms. The molecule has 0 fully saturated rings. The number of amides is 1. The number of rotatable bonds is 5. The zero-order valence-corrected chi connectivity index (χ0v) is 19.6. The first-order chi connectivity index (χ1) is 15.8. The Hall–Kier alpha value is -3.64. The number of carbonyl (C=O) groups excluding carboxylic acids is 1. The predicted molar refractivity (Wildman–Crippen MR) is 131 cm³/mol. The molecule has 168 valence electrons. The summed E-state index contributed by atoms with van der Waals surface area (Å²) in [5.74, 6) is 0.826. The van der Waals surface area contributed by atoms with Crippen molar-refractivity contribution in [1.29, 1.82) is 0 Å². The third kappa shape index (κ3) is 4.34. The summed E-state index contributed by atoms with van der Waals surface area (Å²) in [6.45, 7) is 3.83. The number of methoxy groups -OCH3 is 1. The molecule has 33 heavy (non-hydrogen) atoms. The number of aromatic nitrogens is 2. The second-order valence-electron chi connectivity index (χ2n) is 7.93. The van der Waals surface area contributed by atoms with Crippen LogP contribution in [0.15, 0.2) is 71.5 Å². The first kappa shape index (κ1) is 22.6. The van der Waals surface area contributed by atoms with E-state index in [1.165, 1.54) is 0 Å². The second-order valence-corrected chi connectivity index (χ2v) is 8.37. The zero-order valence-electron chi connectivity index (χ0n) is 18.9. The Labute approximate surface area is 197 Å². The molecule has 1 atom stereocenters. The lowest BCUT2D eigenvalue weighted by atomic mass is 10.1. The number of fused-ring (bicyclic) bond motifs is 1. The highest BCUT2D eigenvalue weighted by molar-refractivity contribution is 6.31. The van der Waals surface area contributed by atoms with Gasteiger partial charge in [0.15, 0.2) is 0 Å². The summed E-state index contributed by atoms with van der Waals surface area (Å²) in [6, 6.07) is 19.1. The molecular weight excluding hydrogens is 438 g/mol. The fraction of sp³-hybridized carbons (Fsp3) is 0.192. The molecule has 3 aromatic carbocycles. The van der Waals surface area contributed by atoms with Crippen molar-refractivity contribution in [1.82, 2.24) is 14.5 Å². The summed E-state index contributed by atoms with van der Waals surface area (Å²) in [5.41, 5.74) is 2.51. The van der Waals surface area contributed by atoms with Crippen LogP contribution in [-0.2, 0) is 0 Å². The van der Waals surface area contributed by atoms with E-state index >= 15 is 0 Å². The lowest BCUT2D eigenvalue weighted by Gasteiger charge is -2.27. The normalized spacial score (nSPS) is 11.9. The molecule has 0 aliphatic rings. The number of benzene rings is 3. The van der Waals surface area contributed by atoms with Gasteiger partial charge in [-0.2, -0.15) is 0 Å². The van der Waals surface area contributed by atoms with E-state index in [1.807, 2.05) is 38.1 Å². The molecule has 0 bridgehead atoms. The minimum Gasteiger partial charge on any atom is -0.497 e. The van der Waals surface area contributed by atoms with Crippen LogP contribution in [0.3, 0.4) is 0 Å². The van der Waals surface area contributed by atoms with Gasteiger partial charge in [0, 0.05) is 17.6 Å². The van der Waals surface area contributed by atoms with E-state index in [2.05, 4.69) is 0 Å². The molecule has 1 amide bonds. The second kappa shape index (κ2) is 9.08. The highest BCUT2D eigenvalue weighted by Gasteiger charge is 2.25. The van der Waals surface area contributed by atoms with E-state index in [4.69, 9.17) is 21.3 Å². The van der Waals surface area contributed by atoms with Gasteiger partial charge in [-0.3, -0.25) is 14.2 Å². The van der Waals surface area contributed by atoms with Gasteiger partial charge in [0.1, 0.15) is 11.6 Å². The molecule has 0 saturated carbocycles. The number of halogens is 1. The predicted octanol–water partition coefficient (Wildman–Crippen LogP) is 5.19. The van der Waals surface area contributed by atoms with Crippen LogP contribution >= 0.6 is 11.6 Å². The van der Waals surface area contributed by atoms with E-state index in [0.29, 0.717) is 38.8 Å². The number of ether oxygens (including phenoxy) is 1. The number of carbonyl (C=O) groups is 1. The minimum atomic E-state index is -0.513. The summed E-state index contributed by atoms with van der Waals surface area (Å²) in [4.78, 5) is 33.2. The van der Waals surface area contributed by atoms with E-state index in [1.54, 1.807) is 66.1 Å². The fourth-order valence-corrected chi connectivity index (χ4v) is 3.87. The summed E-state index contributed by atoms with van der Waals surface area (Å²) in [6.07, 6.45) is 0. The lowest BCUT2D eigenvalue weighted by Crippen LogP contribution is -2.34. The first-order valence-electron chi connectivity index (χ1n) is 10.5. The Morgan fingerprint density at radius 1 is 1.09 bits per heavy atom. The Bertz CT molecular complexity index is 1400. The van der Waals surface area contributed by atoms with Crippen molar-refractivity contribution in [3.63, 3.8) is 0 Å². The van der Waals surface area contributed by atoms with Gasteiger partial charge in [0.2, 0.25) is 0 Å². The third-order valence-electron chi connectivity index (χ3n) is 5.74. The topological polar surface area (TPSA) is 64.4 Å². The van der Waals surface area contributed by atoms with Gasteiger partial charge in [-0.25, -0.2) is 4.98 Å². The summed E-state index contributed by atoms with van der Waals surface area (Å²) in [7, 11) is 3.25. The van der Waals surface area contributed by atoms with Crippen molar-refractivity contribution in [3.05, 3.63) is 99.1 Å². The summed E-state index contributed by atoms with van der Waals surface area (Å²) < 4.78 is 6.82. The molecule has 1 heterocycles. The van der Waals surface area contributed by atoms with Crippen LogP contribution in [0.4, 0.5) is 0 Å². The fourth-order valence-electron chi connectivity index (χ4n) is 3.71. The van der Waals surface area contributed by atoms with Crippen LogP contribution in [0.5, 0.6) is 5.75 Å². The Kier molecular flexibility index (Phi) is 6.20. The molecule has 0 radical (unpaired) electrons. The van der Waals surface area contributed by atoms with Crippen LogP contribution in [0.25, 0.3) is 16.6 Å². The Morgan fingerprint density at radius 3 is 2.52 bits per heavy atom. The largest absolute Gasteiger partial charge is 0.497 e. The molecular formula is C26H24ClN3O3. The Morgan fingerprint density at radius 2 is 1.82 bits per heavy atom. The van der Waals surface area contributed by atoms with E-state index in [0.717, 1.165) is 5.56 Å². The zero-order chi connectivity index (χ0) is 23.7. The van der Waals surface area contributed by atoms with Crippen LogP contribution < -0.4 is 10.3 Å². The summed E-state index contributed by atoms with van der Waals surface area (Å²) in [5, 5.41) is 0.944. The first-order valence-corrected chi connectivity index (χ1v) is 10.9. The number of hydrogen-bond acceptors (Lipinski definition) is 4. The van der Waals surface area contributed by atoms with Crippen molar-refractivity contribution in [3.8, 4) is 11.4 Å². The van der Waals surface area contributed by atoms with Gasteiger partial charge < -0.3 is 9.64 Å². The highest BCUT2D eigenvalue weighted by atomic mass is 35.5. The molecule has 1 aromatic heterocycles. The maximum absolute atomic E-state index is 13.6. The molecule has 4 rings (SSSR count). The van der Waals surface area contributed by atoms with Gasteiger partial charge in [-0.1, -0.05) is 35.4 Å². The quantitative estimate of drug-likeness (QED) is 0.410. The Balaban J connectivity index is 1.87. The van der Waals surface area contributed by atoms with Crippen LogP contribution in [-0.4, -0.2) is 34.5 Å². The van der Waals surface area contributed by atoms with Crippen molar-refractivity contribution < 1.29 is 9.53 Å². The van der Waals surface area contributed by atoms with Crippen LogP contribution in [0.1, 0.15) is 34.7 Å². The molecule has 4 aromatic rings. The van der Waals surface area contributed by atoms with Crippen molar-refractivity contribution in [2.75, 3.05) is 14.2 Å². The lowest BCUT2D eigenvalue weighted by molar-refractivity contribution is 0.0734. The van der Waals surface area contributed by atoms with Gasteiger partial charge in [-0.15, -0.1) is 0 Å². The average Bonchev–Trinajstić information content (AvgIpc) is 2.83. The van der Waals surface area contributed by atoms with Gasteiger partial charge in [0.05, 0.1) is 29.7 Å². The molecule has 6 nitrogen and oxygen atoms in total. The molecule has 0 N–H and O–H groups in total. The van der Waals surface area contributed by atoms with E-state index in [9.17, 15) is 9.59 Å². The van der Waals surface area contributed by atoms with Gasteiger partial charge >= 0.3 is 0 Å². The molecule has 7 heteroatoms. The number of nitrogens with zero attached hydrogens (tertiary/aromatic N) is 3. The van der Waals surface area contributed by atoms with Crippen molar-refractivity contribution in [2.45, 2.75) is 19.9 Å². The third-order valence-corrected chi connectivity index (χ3v) is 5.98. The van der Waals surface area contributed by atoms with Crippen LogP contribution in [0, 0.1) is 6.92 Å². The SMILES string of the molecule is COc1cccc(C(=O)N(C)C(C)c2nc3cc(Cl)ccc3c(=O)n2-c2ccc(C)cc2)c1. The molecule has 0 saturated heterocycles. The van der Waals surface area contributed by atoms with Gasteiger partial charge in [0.25, 0.3) is 11.5 Å². The maximum Gasteiger partial charge on any atom is 0.266 e. The average molecular weight is 462 g/mol. The van der Waals surface area contributed by atoms with Crippen LogP contribution in [0.2, 0.25) is 5.02 Å². The van der Waals surface area contributed by atoms with Gasteiger partial charge in [-0.05, 0) is 62.4 Å². The molecule has 1 unspecified atom stereocenters. The van der Waals surface area contributed by atoms with E-state index < -0.39 is 6.04 Å². The smallest absolute Gasteiger partial charge is 0.266 e. The van der Waals surface area contributed by atoms with Crippen molar-refractivity contribution in [2.24, 2.45) is 0 Å². The highest BCUT2D eigenvalue weighted by Crippen LogP contribution is 2.25. The monoisotopic (exact) mass is 461 g/mol. The minimum absolute atomic E-state index is 0.211. The number of hydrogen-bond donors (Lipinski definition) is 0. The maximum atomic E-state index is 13.6. The van der Waals surface area contributed by atoms with E-state index in [-0.39, 0.29) is 11.5 Å². The standard InChI is InChI=1S/C26H24ClN3O3/c1-16-8-11-20(12-9-16)30-24(28-23-15-19(27)10-13-22(23)26(30)32)17(2)29(3)25(31)18-6-5-7-21(14-18)33-4/h5-15,17H,1-4H3.